The first-order valence-corrected chi connectivity index (χ1v) is 15.2. The van der Waals surface area contributed by atoms with E-state index in [2.05, 4.69) is 71.3 Å². The van der Waals surface area contributed by atoms with Crippen molar-refractivity contribution in [1.29, 1.82) is 0 Å². The van der Waals surface area contributed by atoms with Gasteiger partial charge in [0.2, 0.25) is 0 Å². The second-order valence-corrected chi connectivity index (χ2v) is 11.1. The molecular weight excluding hydrogens is 520 g/mol. The zero-order valence-electron chi connectivity index (χ0n) is 24.7. The van der Waals surface area contributed by atoms with Crippen molar-refractivity contribution in [1.82, 2.24) is 9.80 Å². The molecule has 5 heteroatoms. The van der Waals surface area contributed by atoms with Crippen LogP contribution in [0.1, 0.15) is 59.7 Å². The van der Waals surface area contributed by atoms with Crippen LogP contribution in [0, 0.1) is 0 Å². The minimum Gasteiger partial charge on any atom is -0.494 e. The van der Waals surface area contributed by atoms with Crippen molar-refractivity contribution in [3.05, 3.63) is 131 Å². The number of amides is 1. The van der Waals surface area contributed by atoms with Crippen LogP contribution in [0.3, 0.4) is 0 Å². The molecule has 5 nitrogen and oxygen atoms in total. The summed E-state index contributed by atoms with van der Waals surface area (Å²) in [7, 11) is 0. The largest absolute Gasteiger partial charge is 0.494 e. The average Bonchev–Trinajstić information content (AvgIpc) is 3.05. The number of likely N-dealkylation sites (tertiary alicyclic amines) is 1. The molecule has 0 bridgehead atoms. The van der Waals surface area contributed by atoms with Crippen LogP contribution in [0.15, 0.2) is 109 Å². The van der Waals surface area contributed by atoms with E-state index in [1.807, 2.05) is 54.6 Å². The van der Waals surface area contributed by atoms with Gasteiger partial charge < -0.3 is 14.4 Å². The van der Waals surface area contributed by atoms with Gasteiger partial charge >= 0.3 is 0 Å². The maximum absolute atomic E-state index is 14.0. The lowest BCUT2D eigenvalue weighted by Crippen LogP contribution is -2.46. The molecule has 0 unspecified atom stereocenters. The molecule has 5 rings (SSSR count). The van der Waals surface area contributed by atoms with Gasteiger partial charge in [0.15, 0.2) is 0 Å². The normalized spacial score (nSPS) is 13.9. The van der Waals surface area contributed by atoms with Gasteiger partial charge in [0.1, 0.15) is 18.1 Å². The minimum absolute atomic E-state index is 0.0704. The highest BCUT2D eigenvalue weighted by molar-refractivity contribution is 5.94. The van der Waals surface area contributed by atoms with E-state index in [0.717, 1.165) is 67.9 Å². The number of unbranched alkanes of at least 4 members (excludes halogenated alkanes) is 1. The molecule has 1 aliphatic rings. The Bertz CT molecular complexity index is 1350. The van der Waals surface area contributed by atoms with Gasteiger partial charge in [-0.1, -0.05) is 86.1 Å². The highest BCUT2D eigenvalue weighted by Gasteiger charge is 2.29. The molecule has 0 saturated carbocycles. The van der Waals surface area contributed by atoms with E-state index < -0.39 is 0 Å². The molecule has 0 aliphatic carbocycles. The first-order chi connectivity index (χ1) is 20.7. The number of hydrogen-bond donors (Lipinski definition) is 0. The molecule has 0 aromatic heterocycles. The molecule has 4 aromatic rings. The summed E-state index contributed by atoms with van der Waals surface area (Å²) in [6.07, 6.45) is 4.02. The number of carbonyl (C=O) groups excluding carboxylic acids is 1. The number of rotatable bonds is 13. The summed E-state index contributed by atoms with van der Waals surface area (Å²) in [6, 6.07) is 36.8. The summed E-state index contributed by atoms with van der Waals surface area (Å²) in [4.78, 5) is 18.5. The summed E-state index contributed by atoms with van der Waals surface area (Å²) in [5.74, 6) is 1.71. The molecule has 0 atom stereocenters. The van der Waals surface area contributed by atoms with Crippen LogP contribution in [0.5, 0.6) is 11.5 Å². The average molecular weight is 563 g/mol. The Morgan fingerprint density at radius 2 is 1.33 bits per heavy atom. The zero-order valence-corrected chi connectivity index (χ0v) is 24.7. The number of ether oxygens (including phenoxy) is 2. The molecular formula is C37H42N2O3. The summed E-state index contributed by atoms with van der Waals surface area (Å²) in [6.45, 7) is 6.84. The Morgan fingerprint density at radius 1 is 0.738 bits per heavy atom. The lowest BCUT2D eigenvalue weighted by atomic mass is 10.00. The summed E-state index contributed by atoms with van der Waals surface area (Å²) in [5, 5.41) is 0. The summed E-state index contributed by atoms with van der Waals surface area (Å²) < 4.78 is 11.8. The SMILES string of the molecule is CCCCOc1ccc(C(=O)N(Cc2ccc(OCc3ccccc3)cc2)C2CCN(Cc3ccccc3)CC2)cc1. The lowest BCUT2D eigenvalue weighted by Gasteiger charge is -2.39. The predicted molar refractivity (Wildman–Crippen MR) is 169 cm³/mol. The van der Waals surface area contributed by atoms with Gasteiger partial charge in [-0.15, -0.1) is 0 Å². The van der Waals surface area contributed by atoms with Gasteiger partial charge in [0.05, 0.1) is 6.61 Å². The number of benzene rings is 4. The van der Waals surface area contributed by atoms with Gasteiger partial charge in [-0.2, -0.15) is 0 Å². The van der Waals surface area contributed by atoms with E-state index in [1.165, 1.54) is 5.56 Å². The number of piperidine rings is 1. The van der Waals surface area contributed by atoms with Crippen molar-refractivity contribution in [3.63, 3.8) is 0 Å². The lowest BCUT2D eigenvalue weighted by molar-refractivity contribution is 0.0543. The quantitative estimate of drug-likeness (QED) is 0.156. The molecule has 0 spiro atoms. The van der Waals surface area contributed by atoms with Gasteiger partial charge in [-0.3, -0.25) is 9.69 Å². The van der Waals surface area contributed by atoms with Crippen molar-refractivity contribution in [2.24, 2.45) is 0 Å². The van der Waals surface area contributed by atoms with Crippen molar-refractivity contribution in [2.45, 2.75) is 58.3 Å². The fourth-order valence-electron chi connectivity index (χ4n) is 5.42. The van der Waals surface area contributed by atoms with E-state index in [1.54, 1.807) is 0 Å². The highest BCUT2D eigenvalue weighted by Crippen LogP contribution is 2.25. The molecule has 1 saturated heterocycles. The van der Waals surface area contributed by atoms with Crippen molar-refractivity contribution >= 4 is 5.91 Å². The Balaban J connectivity index is 1.26. The fraction of sp³-hybridized carbons (Fsp3) is 0.324. The van der Waals surface area contributed by atoms with Crippen molar-refractivity contribution in [2.75, 3.05) is 19.7 Å². The maximum atomic E-state index is 14.0. The number of nitrogens with zero attached hydrogens (tertiary/aromatic N) is 2. The summed E-state index contributed by atoms with van der Waals surface area (Å²) >= 11 is 0. The van der Waals surface area contributed by atoms with E-state index >= 15 is 0 Å². The molecule has 4 aromatic carbocycles. The van der Waals surface area contributed by atoms with Gasteiger partial charge in [-0.05, 0) is 72.4 Å². The summed E-state index contributed by atoms with van der Waals surface area (Å²) in [5.41, 5.74) is 4.27. The molecule has 218 valence electrons. The molecule has 0 radical (unpaired) electrons. The third-order valence-electron chi connectivity index (χ3n) is 7.90. The molecule has 42 heavy (non-hydrogen) atoms. The molecule has 0 N–H and O–H groups in total. The first-order valence-electron chi connectivity index (χ1n) is 15.2. The van der Waals surface area contributed by atoms with Crippen LogP contribution in [0.4, 0.5) is 0 Å². The zero-order chi connectivity index (χ0) is 29.0. The molecule has 1 aliphatic heterocycles. The van der Waals surface area contributed by atoms with Gasteiger partial charge in [0.25, 0.3) is 5.91 Å². The van der Waals surface area contributed by atoms with Crippen molar-refractivity contribution in [3.8, 4) is 11.5 Å². The third-order valence-corrected chi connectivity index (χ3v) is 7.90. The third kappa shape index (κ3) is 8.46. The molecule has 1 fully saturated rings. The van der Waals surface area contributed by atoms with E-state index in [-0.39, 0.29) is 11.9 Å². The second-order valence-electron chi connectivity index (χ2n) is 11.1. The van der Waals surface area contributed by atoms with E-state index in [9.17, 15) is 4.79 Å². The van der Waals surface area contributed by atoms with E-state index in [0.29, 0.717) is 25.3 Å². The first kappa shape index (κ1) is 29.4. The van der Waals surface area contributed by atoms with Crippen LogP contribution in [0.2, 0.25) is 0 Å². The van der Waals surface area contributed by atoms with Crippen LogP contribution < -0.4 is 9.47 Å². The smallest absolute Gasteiger partial charge is 0.254 e. The Kier molecular flexibility index (Phi) is 10.7. The standard InChI is InChI=1S/C37H42N2O3/c1-2-3-26-41-35-20-16-33(17-21-35)37(40)39(34-22-24-38(25-23-34)27-30-10-6-4-7-11-30)28-31-14-18-36(19-15-31)42-29-32-12-8-5-9-13-32/h4-21,34H,2-3,22-29H2,1H3. The van der Waals surface area contributed by atoms with Crippen LogP contribution >= 0.6 is 0 Å². The second kappa shape index (κ2) is 15.2. The molecule has 1 heterocycles. The Morgan fingerprint density at radius 3 is 1.98 bits per heavy atom. The Labute approximate surface area is 250 Å². The molecule has 1 amide bonds. The topological polar surface area (TPSA) is 42.0 Å². The van der Waals surface area contributed by atoms with Crippen LogP contribution in [0.25, 0.3) is 0 Å². The number of hydrogen-bond acceptors (Lipinski definition) is 4. The number of carbonyl (C=O) groups is 1. The van der Waals surface area contributed by atoms with E-state index in [4.69, 9.17) is 9.47 Å². The van der Waals surface area contributed by atoms with Crippen LogP contribution in [-0.4, -0.2) is 41.4 Å². The van der Waals surface area contributed by atoms with Gasteiger partial charge in [0, 0.05) is 37.8 Å². The van der Waals surface area contributed by atoms with Crippen molar-refractivity contribution < 1.29 is 14.3 Å². The predicted octanol–water partition coefficient (Wildman–Crippen LogP) is 7.75. The fourth-order valence-corrected chi connectivity index (χ4v) is 5.42. The monoisotopic (exact) mass is 562 g/mol. The van der Waals surface area contributed by atoms with Crippen LogP contribution in [-0.2, 0) is 19.7 Å². The minimum atomic E-state index is 0.0704. The highest BCUT2D eigenvalue weighted by atomic mass is 16.5. The Hall–Kier alpha value is -4.09. The van der Waals surface area contributed by atoms with Gasteiger partial charge in [-0.25, -0.2) is 0 Å². The maximum Gasteiger partial charge on any atom is 0.254 e.